The average molecular weight is 395 g/mol. The van der Waals surface area contributed by atoms with Crippen LogP contribution in [0.4, 0.5) is 5.69 Å². The Kier molecular flexibility index (Phi) is 7.40. The topological polar surface area (TPSA) is 76.1 Å². The molecule has 3 rings (SSSR count). The number of halogens is 1. The van der Waals surface area contributed by atoms with Gasteiger partial charge in [0, 0.05) is 28.5 Å². The standard InChI is InChI=1S/C18H22N4O2S.ClH/c1-11-10-12(2)21-18(20-11)25-15-6-4-14(5-7-15)22-17(23)16-13(3)24-9-8-19-16;/h4-7,10,13,16,19H,8-9H2,1-3H3,(H,22,23);1H/t13-,16+;/m1./s1. The molecule has 0 radical (unpaired) electrons. The first-order chi connectivity index (χ1) is 12.0. The van der Waals surface area contributed by atoms with Crippen LogP contribution in [0.3, 0.4) is 0 Å². The molecule has 1 aliphatic heterocycles. The molecule has 26 heavy (non-hydrogen) atoms. The van der Waals surface area contributed by atoms with Crippen LogP contribution in [0.1, 0.15) is 18.3 Å². The smallest absolute Gasteiger partial charge is 0.244 e. The molecule has 0 saturated carbocycles. The molecule has 6 nitrogen and oxygen atoms in total. The Morgan fingerprint density at radius 2 is 1.88 bits per heavy atom. The van der Waals surface area contributed by atoms with Crippen LogP contribution in [0.5, 0.6) is 0 Å². The molecule has 2 heterocycles. The molecule has 1 aliphatic rings. The van der Waals surface area contributed by atoms with E-state index >= 15 is 0 Å². The number of aryl methyl sites for hydroxylation is 2. The van der Waals surface area contributed by atoms with E-state index in [9.17, 15) is 4.79 Å². The van der Waals surface area contributed by atoms with Crippen molar-refractivity contribution in [1.29, 1.82) is 0 Å². The lowest BCUT2D eigenvalue weighted by molar-refractivity contribution is -0.123. The van der Waals surface area contributed by atoms with Gasteiger partial charge >= 0.3 is 0 Å². The highest BCUT2D eigenvalue weighted by atomic mass is 35.5. The Labute approximate surface area is 163 Å². The fourth-order valence-corrected chi connectivity index (χ4v) is 3.56. The van der Waals surface area contributed by atoms with E-state index in [2.05, 4.69) is 20.6 Å². The Morgan fingerprint density at radius 1 is 1.23 bits per heavy atom. The molecule has 1 aromatic heterocycles. The van der Waals surface area contributed by atoms with Crippen molar-refractivity contribution in [1.82, 2.24) is 15.3 Å². The van der Waals surface area contributed by atoms with E-state index in [0.717, 1.165) is 27.1 Å². The number of carbonyl (C=O) groups excluding carboxylic acids is 1. The quantitative estimate of drug-likeness (QED) is 0.776. The summed E-state index contributed by atoms with van der Waals surface area (Å²) in [7, 11) is 0. The van der Waals surface area contributed by atoms with E-state index in [1.807, 2.05) is 51.1 Å². The first-order valence-electron chi connectivity index (χ1n) is 8.27. The maximum Gasteiger partial charge on any atom is 0.244 e. The second-order valence-electron chi connectivity index (χ2n) is 6.06. The number of nitrogens with one attached hydrogen (secondary N) is 2. The van der Waals surface area contributed by atoms with Gasteiger partial charge in [-0.2, -0.15) is 0 Å². The zero-order valence-electron chi connectivity index (χ0n) is 15.0. The summed E-state index contributed by atoms with van der Waals surface area (Å²) in [6.45, 7) is 7.15. The van der Waals surface area contributed by atoms with Crippen molar-refractivity contribution in [2.75, 3.05) is 18.5 Å². The number of carbonyl (C=O) groups is 1. The third-order valence-electron chi connectivity index (χ3n) is 3.89. The SMILES string of the molecule is Cc1cc(C)nc(Sc2ccc(NC(=O)[C@H]3NCCO[C@@H]3C)cc2)n1.Cl. The van der Waals surface area contributed by atoms with E-state index in [0.29, 0.717) is 13.2 Å². The molecule has 1 aromatic carbocycles. The van der Waals surface area contributed by atoms with Crippen molar-refractivity contribution < 1.29 is 9.53 Å². The van der Waals surface area contributed by atoms with Gasteiger partial charge in [0.1, 0.15) is 6.04 Å². The largest absolute Gasteiger partial charge is 0.375 e. The Bertz CT molecular complexity index is 737. The van der Waals surface area contributed by atoms with E-state index in [1.165, 1.54) is 11.8 Å². The fourth-order valence-electron chi connectivity index (χ4n) is 2.70. The van der Waals surface area contributed by atoms with Gasteiger partial charge in [-0.1, -0.05) is 0 Å². The molecule has 8 heteroatoms. The lowest BCUT2D eigenvalue weighted by atomic mass is 10.1. The molecule has 2 aromatic rings. The summed E-state index contributed by atoms with van der Waals surface area (Å²) in [5.41, 5.74) is 2.67. The van der Waals surface area contributed by atoms with Gasteiger partial charge in [-0.05, 0) is 62.9 Å². The lowest BCUT2D eigenvalue weighted by Crippen LogP contribution is -2.53. The number of ether oxygens (including phenoxy) is 1. The number of hydrogen-bond acceptors (Lipinski definition) is 6. The van der Waals surface area contributed by atoms with Crippen LogP contribution in [0.15, 0.2) is 40.4 Å². The number of anilines is 1. The molecule has 0 aliphatic carbocycles. The Balaban J connectivity index is 0.00000243. The van der Waals surface area contributed by atoms with Gasteiger partial charge in [0.05, 0.1) is 12.7 Å². The minimum absolute atomic E-state index is 0. The summed E-state index contributed by atoms with van der Waals surface area (Å²) >= 11 is 1.50. The van der Waals surface area contributed by atoms with Crippen LogP contribution in [0.2, 0.25) is 0 Å². The van der Waals surface area contributed by atoms with Crippen molar-refractivity contribution in [3.05, 3.63) is 41.7 Å². The summed E-state index contributed by atoms with van der Waals surface area (Å²) in [5, 5.41) is 6.84. The number of rotatable bonds is 4. The summed E-state index contributed by atoms with van der Waals surface area (Å²) in [5.74, 6) is -0.0785. The van der Waals surface area contributed by atoms with Crippen molar-refractivity contribution in [2.45, 2.75) is 43.0 Å². The minimum Gasteiger partial charge on any atom is -0.375 e. The van der Waals surface area contributed by atoms with Crippen molar-refractivity contribution in [3.8, 4) is 0 Å². The number of benzene rings is 1. The lowest BCUT2D eigenvalue weighted by Gasteiger charge is -2.29. The number of hydrogen-bond donors (Lipinski definition) is 2. The number of nitrogens with zero attached hydrogens (tertiary/aromatic N) is 2. The van der Waals surface area contributed by atoms with Gasteiger partial charge < -0.3 is 15.4 Å². The average Bonchev–Trinajstić information content (AvgIpc) is 2.56. The maximum absolute atomic E-state index is 12.4. The van der Waals surface area contributed by atoms with Gasteiger partial charge in [0.2, 0.25) is 5.91 Å². The normalized spacial score (nSPS) is 19.5. The molecular formula is C18H23ClN4O2S. The number of aromatic nitrogens is 2. The van der Waals surface area contributed by atoms with E-state index < -0.39 is 0 Å². The highest BCUT2D eigenvalue weighted by Crippen LogP contribution is 2.26. The molecule has 2 atom stereocenters. The van der Waals surface area contributed by atoms with Crippen LogP contribution < -0.4 is 10.6 Å². The summed E-state index contributed by atoms with van der Waals surface area (Å²) in [6.07, 6.45) is -0.134. The van der Waals surface area contributed by atoms with Crippen LogP contribution in [-0.4, -0.2) is 41.2 Å². The van der Waals surface area contributed by atoms with Gasteiger partial charge in [-0.15, -0.1) is 12.4 Å². The molecule has 1 amide bonds. The Morgan fingerprint density at radius 3 is 2.50 bits per heavy atom. The second kappa shape index (κ2) is 9.32. The summed E-state index contributed by atoms with van der Waals surface area (Å²) < 4.78 is 5.51. The maximum atomic E-state index is 12.4. The predicted molar refractivity (Wildman–Crippen MR) is 105 cm³/mol. The minimum atomic E-state index is -0.327. The van der Waals surface area contributed by atoms with Crippen LogP contribution in [-0.2, 0) is 9.53 Å². The van der Waals surface area contributed by atoms with Gasteiger partial charge in [0.15, 0.2) is 5.16 Å². The van der Waals surface area contributed by atoms with Gasteiger partial charge in [0.25, 0.3) is 0 Å². The fraction of sp³-hybridized carbons (Fsp3) is 0.389. The molecule has 1 fully saturated rings. The Hall–Kier alpha value is -1.67. The monoisotopic (exact) mass is 394 g/mol. The van der Waals surface area contributed by atoms with Gasteiger partial charge in [-0.25, -0.2) is 9.97 Å². The molecular weight excluding hydrogens is 372 g/mol. The van der Waals surface area contributed by atoms with Crippen molar-refractivity contribution in [3.63, 3.8) is 0 Å². The molecule has 2 N–H and O–H groups in total. The first kappa shape index (κ1) is 20.6. The third-order valence-corrected chi connectivity index (χ3v) is 4.76. The highest BCUT2D eigenvalue weighted by Gasteiger charge is 2.28. The van der Waals surface area contributed by atoms with E-state index in [1.54, 1.807) is 0 Å². The molecule has 0 spiro atoms. The molecule has 0 unspecified atom stereocenters. The zero-order valence-corrected chi connectivity index (χ0v) is 16.6. The van der Waals surface area contributed by atoms with Gasteiger partial charge in [-0.3, -0.25) is 4.79 Å². The van der Waals surface area contributed by atoms with Crippen molar-refractivity contribution in [2.24, 2.45) is 0 Å². The summed E-state index contributed by atoms with van der Waals surface area (Å²) in [6, 6.07) is 9.30. The molecule has 140 valence electrons. The second-order valence-corrected chi connectivity index (χ2v) is 7.10. The number of morpholine rings is 1. The highest BCUT2D eigenvalue weighted by molar-refractivity contribution is 7.99. The summed E-state index contributed by atoms with van der Waals surface area (Å²) in [4.78, 5) is 22.2. The number of amides is 1. The van der Waals surface area contributed by atoms with Crippen LogP contribution in [0, 0.1) is 13.8 Å². The first-order valence-corrected chi connectivity index (χ1v) is 9.09. The zero-order chi connectivity index (χ0) is 17.8. The van der Waals surface area contributed by atoms with Crippen LogP contribution >= 0.6 is 24.2 Å². The molecule has 1 saturated heterocycles. The van der Waals surface area contributed by atoms with E-state index in [-0.39, 0.29) is 30.5 Å². The van der Waals surface area contributed by atoms with E-state index in [4.69, 9.17) is 4.74 Å². The third kappa shape index (κ3) is 5.41. The predicted octanol–water partition coefficient (Wildman–Crippen LogP) is 2.98. The molecule has 0 bridgehead atoms. The van der Waals surface area contributed by atoms with Crippen molar-refractivity contribution >= 4 is 35.8 Å². The van der Waals surface area contributed by atoms with Crippen LogP contribution in [0.25, 0.3) is 0 Å².